The van der Waals surface area contributed by atoms with Gasteiger partial charge in [-0.3, -0.25) is 30.3 Å². The average molecular weight is 361 g/mol. The van der Waals surface area contributed by atoms with Gasteiger partial charge in [-0.25, -0.2) is 4.79 Å². The number of aryl methyl sites for hydroxylation is 1. The molecule has 11 nitrogen and oxygen atoms in total. The molecule has 0 aliphatic carbocycles. The van der Waals surface area contributed by atoms with Gasteiger partial charge < -0.3 is 4.74 Å². The summed E-state index contributed by atoms with van der Waals surface area (Å²) >= 11 is 0. The third-order valence-electron chi connectivity index (χ3n) is 3.58. The third-order valence-corrected chi connectivity index (χ3v) is 3.58. The summed E-state index contributed by atoms with van der Waals surface area (Å²) in [5.74, 6) is -1.23. The van der Waals surface area contributed by atoms with Gasteiger partial charge in [0, 0.05) is 17.7 Å². The van der Waals surface area contributed by atoms with E-state index in [2.05, 4.69) is 0 Å². The third kappa shape index (κ3) is 3.61. The Morgan fingerprint density at radius 1 is 0.885 bits per heavy atom. The lowest BCUT2D eigenvalue weighted by molar-refractivity contribution is -0.394. The van der Waals surface area contributed by atoms with E-state index in [-0.39, 0.29) is 22.6 Å². The fraction of sp³-hybridized carbons (Fsp3) is 0.133. The maximum atomic E-state index is 12.4. The molecule has 0 aromatic heterocycles. The zero-order valence-electron chi connectivity index (χ0n) is 13.5. The molecule has 11 heteroatoms. The number of esters is 1. The molecule has 0 saturated heterocycles. The minimum absolute atomic E-state index is 0.117. The molecule has 0 atom stereocenters. The predicted molar refractivity (Wildman–Crippen MR) is 87.3 cm³/mol. The van der Waals surface area contributed by atoms with Gasteiger partial charge in [-0.2, -0.15) is 0 Å². The van der Waals surface area contributed by atoms with Gasteiger partial charge in [-0.05, 0) is 25.5 Å². The molecular weight excluding hydrogens is 350 g/mol. The van der Waals surface area contributed by atoms with Crippen molar-refractivity contribution in [3.63, 3.8) is 0 Å². The first-order valence-corrected chi connectivity index (χ1v) is 7.02. The van der Waals surface area contributed by atoms with E-state index in [0.717, 1.165) is 18.2 Å². The molecule has 0 unspecified atom stereocenters. The van der Waals surface area contributed by atoms with E-state index in [1.807, 2.05) is 0 Å². The van der Waals surface area contributed by atoms with Gasteiger partial charge in [0.1, 0.15) is 5.75 Å². The Morgan fingerprint density at radius 2 is 1.50 bits per heavy atom. The zero-order valence-corrected chi connectivity index (χ0v) is 13.5. The van der Waals surface area contributed by atoms with Crippen molar-refractivity contribution in [2.24, 2.45) is 0 Å². The minimum Gasteiger partial charge on any atom is -0.422 e. The maximum absolute atomic E-state index is 12.4. The molecule has 134 valence electrons. The van der Waals surface area contributed by atoms with Crippen LogP contribution in [0.1, 0.15) is 21.5 Å². The molecule has 0 radical (unpaired) electrons. The number of hydrogen-bond donors (Lipinski definition) is 0. The molecule has 2 rings (SSSR count). The zero-order chi connectivity index (χ0) is 19.6. The van der Waals surface area contributed by atoms with Crippen molar-refractivity contribution in [1.82, 2.24) is 0 Å². The summed E-state index contributed by atoms with van der Waals surface area (Å²) in [6, 6.07) is 5.20. The van der Waals surface area contributed by atoms with Crippen LogP contribution in [0.15, 0.2) is 30.3 Å². The van der Waals surface area contributed by atoms with Gasteiger partial charge in [0.15, 0.2) is 0 Å². The van der Waals surface area contributed by atoms with Crippen LogP contribution < -0.4 is 4.74 Å². The SMILES string of the molecule is Cc1ccc([N+](=O)[O-])cc1OC(=O)c1cc([N+](=O)[O-])cc([N+](=O)[O-])c1C. The number of nitro groups is 3. The number of hydrogen-bond acceptors (Lipinski definition) is 8. The van der Waals surface area contributed by atoms with Gasteiger partial charge in [0.05, 0.1) is 32.5 Å². The summed E-state index contributed by atoms with van der Waals surface area (Å²) in [6.45, 7) is 2.79. The van der Waals surface area contributed by atoms with Crippen LogP contribution in [0.4, 0.5) is 17.1 Å². The van der Waals surface area contributed by atoms with E-state index in [0.29, 0.717) is 5.56 Å². The predicted octanol–water partition coefficient (Wildman–Crippen LogP) is 3.25. The maximum Gasteiger partial charge on any atom is 0.344 e. The number of benzene rings is 2. The molecule has 2 aromatic carbocycles. The van der Waals surface area contributed by atoms with Crippen LogP contribution in [0.3, 0.4) is 0 Å². The molecule has 0 spiro atoms. The highest BCUT2D eigenvalue weighted by atomic mass is 16.6. The minimum atomic E-state index is -1.10. The summed E-state index contributed by atoms with van der Waals surface area (Å²) in [5, 5.41) is 32.8. The van der Waals surface area contributed by atoms with Crippen molar-refractivity contribution in [3.8, 4) is 5.75 Å². The lowest BCUT2D eigenvalue weighted by Crippen LogP contribution is -2.13. The number of non-ortho nitro benzene ring substituents is 2. The van der Waals surface area contributed by atoms with E-state index in [1.54, 1.807) is 0 Å². The molecule has 0 aliphatic rings. The second kappa shape index (κ2) is 6.93. The van der Waals surface area contributed by atoms with E-state index < -0.39 is 32.1 Å². The van der Waals surface area contributed by atoms with E-state index in [1.165, 1.54) is 26.0 Å². The molecule has 26 heavy (non-hydrogen) atoms. The van der Waals surface area contributed by atoms with Gasteiger partial charge >= 0.3 is 5.97 Å². The quantitative estimate of drug-likeness (QED) is 0.340. The van der Waals surface area contributed by atoms with Crippen molar-refractivity contribution in [2.75, 3.05) is 0 Å². The number of nitro benzene ring substituents is 3. The number of ether oxygens (including phenoxy) is 1. The van der Waals surface area contributed by atoms with Crippen LogP contribution in [0.25, 0.3) is 0 Å². The Morgan fingerprint density at radius 3 is 2.04 bits per heavy atom. The standard InChI is InChI=1S/C15H11N3O8/c1-8-3-4-10(16(20)21)7-14(8)26-15(19)12-5-11(17(22)23)6-13(9(12)2)18(24)25/h3-7H,1-2H3. The van der Waals surface area contributed by atoms with E-state index >= 15 is 0 Å². The normalized spacial score (nSPS) is 10.2. The second-order valence-electron chi connectivity index (χ2n) is 5.25. The molecule has 0 N–H and O–H groups in total. The van der Waals surface area contributed by atoms with Gasteiger partial charge in [0.25, 0.3) is 17.1 Å². The van der Waals surface area contributed by atoms with E-state index in [9.17, 15) is 35.1 Å². The van der Waals surface area contributed by atoms with Crippen LogP contribution in [-0.2, 0) is 0 Å². The summed E-state index contributed by atoms with van der Waals surface area (Å²) in [7, 11) is 0. The Kier molecular flexibility index (Phi) is 4.91. The summed E-state index contributed by atoms with van der Waals surface area (Å²) in [6.07, 6.45) is 0. The van der Waals surface area contributed by atoms with Crippen molar-refractivity contribution < 1.29 is 24.3 Å². The van der Waals surface area contributed by atoms with Gasteiger partial charge in [0.2, 0.25) is 0 Å². The highest BCUT2D eigenvalue weighted by Crippen LogP contribution is 2.30. The fourth-order valence-electron chi connectivity index (χ4n) is 2.16. The molecular formula is C15H11N3O8. The Hall–Kier alpha value is -3.89. The first-order chi connectivity index (χ1) is 12.1. The second-order valence-corrected chi connectivity index (χ2v) is 5.25. The monoisotopic (exact) mass is 361 g/mol. The van der Waals surface area contributed by atoms with E-state index in [4.69, 9.17) is 4.74 Å². The van der Waals surface area contributed by atoms with Crippen LogP contribution >= 0.6 is 0 Å². The summed E-state index contributed by atoms with van der Waals surface area (Å²) in [4.78, 5) is 42.8. The summed E-state index contributed by atoms with van der Waals surface area (Å²) < 4.78 is 5.08. The van der Waals surface area contributed by atoms with Crippen molar-refractivity contribution in [3.05, 3.63) is 77.4 Å². The lowest BCUT2D eigenvalue weighted by Gasteiger charge is -2.09. The molecule has 0 aliphatic heterocycles. The highest BCUT2D eigenvalue weighted by Gasteiger charge is 2.26. The van der Waals surface area contributed by atoms with Gasteiger partial charge in [-0.15, -0.1) is 0 Å². The highest BCUT2D eigenvalue weighted by molar-refractivity contribution is 5.94. The number of nitrogens with zero attached hydrogens (tertiary/aromatic N) is 3. The van der Waals surface area contributed by atoms with Crippen LogP contribution in [0.2, 0.25) is 0 Å². The first kappa shape index (κ1) is 18.4. The molecule has 0 heterocycles. The van der Waals surface area contributed by atoms with Crippen molar-refractivity contribution in [1.29, 1.82) is 0 Å². The van der Waals surface area contributed by atoms with Crippen LogP contribution in [0, 0.1) is 44.2 Å². The largest absolute Gasteiger partial charge is 0.422 e. The number of carbonyl (C=O) groups excluding carboxylic acids is 1. The lowest BCUT2D eigenvalue weighted by atomic mass is 10.1. The van der Waals surface area contributed by atoms with Crippen LogP contribution in [0.5, 0.6) is 5.75 Å². The van der Waals surface area contributed by atoms with Crippen molar-refractivity contribution >= 4 is 23.0 Å². The Bertz CT molecular complexity index is 954. The Balaban J connectivity index is 2.50. The first-order valence-electron chi connectivity index (χ1n) is 7.02. The smallest absolute Gasteiger partial charge is 0.344 e. The summed E-state index contributed by atoms with van der Waals surface area (Å²) in [5.41, 5.74) is -1.67. The fourth-order valence-corrected chi connectivity index (χ4v) is 2.16. The molecule has 0 fully saturated rings. The molecule has 0 bridgehead atoms. The average Bonchev–Trinajstić information content (AvgIpc) is 2.56. The number of carbonyl (C=O) groups is 1. The molecule has 2 aromatic rings. The topological polar surface area (TPSA) is 156 Å². The van der Waals surface area contributed by atoms with Crippen molar-refractivity contribution in [2.45, 2.75) is 13.8 Å². The number of rotatable bonds is 5. The molecule has 0 saturated carbocycles. The van der Waals surface area contributed by atoms with Gasteiger partial charge in [-0.1, -0.05) is 0 Å². The van der Waals surface area contributed by atoms with Crippen LogP contribution in [-0.4, -0.2) is 20.7 Å². The molecule has 0 amide bonds. The Labute approximate surface area is 145 Å².